The van der Waals surface area contributed by atoms with Gasteiger partial charge in [-0.15, -0.1) is 0 Å². The summed E-state index contributed by atoms with van der Waals surface area (Å²) in [6, 6.07) is 13.8. The predicted octanol–water partition coefficient (Wildman–Crippen LogP) is 5.78. The van der Waals surface area contributed by atoms with E-state index in [1.165, 1.54) is 38.5 Å². The molecule has 0 unspecified atom stereocenters. The first-order valence-electron chi connectivity index (χ1n) is 11.5. The Bertz CT molecular complexity index is 1080. The molecule has 0 spiro atoms. The van der Waals surface area contributed by atoms with E-state index in [0.29, 0.717) is 12.2 Å². The van der Waals surface area contributed by atoms with Crippen LogP contribution in [0.15, 0.2) is 42.5 Å². The van der Waals surface area contributed by atoms with Crippen molar-refractivity contribution >= 4 is 22.6 Å². The van der Waals surface area contributed by atoms with Gasteiger partial charge in [0.15, 0.2) is 0 Å². The summed E-state index contributed by atoms with van der Waals surface area (Å²) >= 11 is 0. The zero-order valence-electron chi connectivity index (χ0n) is 18.0. The number of benzene rings is 2. The lowest BCUT2D eigenvalue weighted by Crippen LogP contribution is -2.47. The van der Waals surface area contributed by atoms with Gasteiger partial charge in [0.1, 0.15) is 11.6 Å². The summed E-state index contributed by atoms with van der Waals surface area (Å²) in [6.45, 7) is 0. The number of ether oxygens (including phenoxy) is 1. The van der Waals surface area contributed by atoms with Crippen LogP contribution >= 0.6 is 0 Å². The van der Waals surface area contributed by atoms with Gasteiger partial charge in [-0.2, -0.15) is 0 Å². The SMILES string of the molecule is COc1ccc(-c2nc3ccccc3[nH]2)cc1NC(=O)CC12CC3CC(CC(C3)C1)C2. The zero-order valence-corrected chi connectivity index (χ0v) is 18.0. The lowest BCUT2D eigenvalue weighted by atomic mass is 9.49. The van der Waals surface area contributed by atoms with Gasteiger partial charge in [-0.25, -0.2) is 4.98 Å². The van der Waals surface area contributed by atoms with Crippen LogP contribution in [0.4, 0.5) is 5.69 Å². The number of hydrogen-bond acceptors (Lipinski definition) is 3. The minimum Gasteiger partial charge on any atom is -0.495 e. The number of anilines is 1. The van der Waals surface area contributed by atoms with Gasteiger partial charge in [-0.1, -0.05) is 12.1 Å². The quantitative estimate of drug-likeness (QED) is 0.555. The Labute approximate surface area is 182 Å². The summed E-state index contributed by atoms with van der Waals surface area (Å²) in [4.78, 5) is 21.2. The molecule has 5 heteroatoms. The molecular formula is C26H29N3O2. The number of fused-ring (bicyclic) bond motifs is 1. The highest BCUT2D eigenvalue weighted by Crippen LogP contribution is 2.61. The lowest BCUT2D eigenvalue weighted by Gasteiger charge is -2.56. The van der Waals surface area contributed by atoms with Crippen LogP contribution < -0.4 is 10.1 Å². The summed E-state index contributed by atoms with van der Waals surface area (Å²) in [6.07, 6.45) is 8.54. The molecule has 4 saturated carbocycles. The number of amides is 1. The van der Waals surface area contributed by atoms with Crippen molar-refractivity contribution in [3.63, 3.8) is 0 Å². The van der Waals surface area contributed by atoms with Crippen LogP contribution in [0, 0.1) is 23.2 Å². The van der Waals surface area contributed by atoms with Crippen molar-refractivity contribution < 1.29 is 9.53 Å². The molecule has 0 radical (unpaired) electrons. The van der Waals surface area contributed by atoms with E-state index in [9.17, 15) is 4.79 Å². The van der Waals surface area contributed by atoms with Crippen molar-refractivity contribution in [2.75, 3.05) is 12.4 Å². The standard InChI is InChI=1S/C26H29N3O2/c1-31-23-7-6-19(25-28-20-4-2-3-5-21(20)29-25)11-22(23)27-24(30)15-26-12-16-8-17(13-26)10-18(9-16)14-26/h2-7,11,16-18H,8-10,12-15H2,1H3,(H,27,30)(H,28,29). The van der Waals surface area contributed by atoms with E-state index in [1.807, 2.05) is 42.5 Å². The van der Waals surface area contributed by atoms with Crippen LogP contribution in [0.5, 0.6) is 5.75 Å². The van der Waals surface area contributed by atoms with Gasteiger partial charge in [-0.05, 0) is 92.0 Å². The normalized spacial score (nSPS) is 28.7. The van der Waals surface area contributed by atoms with Crippen LogP contribution in [0.3, 0.4) is 0 Å². The maximum absolute atomic E-state index is 13.2. The molecule has 4 bridgehead atoms. The second kappa shape index (κ2) is 7.11. The number of hydrogen-bond donors (Lipinski definition) is 2. The third-order valence-corrected chi connectivity index (χ3v) is 7.84. The molecule has 7 rings (SSSR count). The fourth-order valence-electron chi connectivity index (χ4n) is 7.08. The summed E-state index contributed by atoms with van der Waals surface area (Å²) in [5.41, 5.74) is 3.81. The van der Waals surface area contributed by atoms with Crippen molar-refractivity contribution in [1.29, 1.82) is 0 Å². The van der Waals surface area contributed by atoms with Gasteiger partial charge in [0.2, 0.25) is 5.91 Å². The number of imidazole rings is 1. The number of carbonyl (C=O) groups excluding carboxylic acids is 1. The molecule has 4 aliphatic rings. The average Bonchev–Trinajstić information content (AvgIpc) is 3.16. The Balaban J connectivity index is 1.24. The molecule has 1 aromatic heterocycles. The first-order valence-corrected chi connectivity index (χ1v) is 11.5. The van der Waals surface area contributed by atoms with Gasteiger partial charge in [-0.3, -0.25) is 4.79 Å². The van der Waals surface area contributed by atoms with E-state index in [1.54, 1.807) is 7.11 Å². The van der Waals surface area contributed by atoms with E-state index >= 15 is 0 Å². The number of H-pyrrole nitrogens is 1. The second-order valence-corrected chi connectivity index (χ2v) is 10.2. The molecule has 160 valence electrons. The second-order valence-electron chi connectivity index (χ2n) is 10.2. The van der Waals surface area contributed by atoms with E-state index < -0.39 is 0 Å². The van der Waals surface area contributed by atoms with E-state index in [-0.39, 0.29) is 11.3 Å². The maximum Gasteiger partial charge on any atom is 0.225 e. The molecule has 5 nitrogen and oxygen atoms in total. The smallest absolute Gasteiger partial charge is 0.225 e. The molecular weight excluding hydrogens is 386 g/mol. The summed E-state index contributed by atoms with van der Waals surface area (Å²) in [5.74, 6) is 4.14. The largest absolute Gasteiger partial charge is 0.495 e. The average molecular weight is 416 g/mol. The van der Waals surface area contributed by atoms with Crippen molar-refractivity contribution in [2.45, 2.75) is 44.9 Å². The molecule has 0 atom stereocenters. The molecule has 2 aromatic carbocycles. The molecule has 1 amide bonds. The minimum atomic E-state index is 0.113. The number of nitrogens with zero attached hydrogens (tertiary/aromatic N) is 1. The Morgan fingerprint density at radius 2 is 1.81 bits per heavy atom. The number of rotatable bonds is 5. The fraction of sp³-hybridized carbons (Fsp3) is 0.462. The highest BCUT2D eigenvalue weighted by molar-refractivity contribution is 5.93. The van der Waals surface area contributed by atoms with Crippen LogP contribution in [0.25, 0.3) is 22.4 Å². The third-order valence-electron chi connectivity index (χ3n) is 7.84. The van der Waals surface area contributed by atoms with Gasteiger partial charge in [0, 0.05) is 12.0 Å². The number of carbonyl (C=O) groups is 1. The number of aromatic amines is 1. The first-order chi connectivity index (χ1) is 15.1. The fourth-order valence-corrected chi connectivity index (χ4v) is 7.08. The monoisotopic (exact) mass is 415 g/mol. The van der Waals surface area contributed by atoms with Crippen LogP contribution in [-0.2, 0) is 4.79 Å². The molecule has 4 aliphatic carbocycles. The van der Waals surface area contributed by atoms with E-state index in [2.05, 4.69) is 10.3 Å². The Kier molecular flexibility index (Phi) is 4.34. The summed E-state index contributed by atoms with van der Waals surface area (Å²) in [7, 11) is 1.64. The van der Waals surface area contributed by atoms with Crippen LogP contribution in [-0.4, -0.2) is 23.0 Å². The zero-order chi connectivity index (χ0) is 21.0. The minimum absolute atomic E-state index is 0.113. The molecule has 31 heavy (non-hydrogen) atoms. The summed E-state index contributed by atoms with van der Waals surface area (Å²) < 4.78 is 5.54. The highest BCUT2D eigenvalue weighted by Gasteiger charge is 2.51. The number of nitrogens with one attached hydrogen (secondary N) is 2. The number of aromatic nitrogens is 2. The van der Waals surface area contributed by atoms with Gasteiger partial charge in [0.05, 0.1) is 23.8 Å². The topological polar surface area (TPSA) is 67.0 Å². The molecule has 0 saturated heterocycles. The third kappa shape index (κ3) is 3.40. The Morgan fingerprint density at radius 3 is 2.48 bits per heavy atom. The highest BCUT2D eigenvalue weighted by atomic mass is 16.5. The van der Waals surface area contributed by atoms with Gasteiger partial charge < -0.3 is 15.0 Å². The van der Waals surface area contributed by atoms with Crippen molar-refractivity contribution in [2.24, 2.45) is 23.2 Å². The van der Waals surface area contributed by atoms with Gasteiger partial charge in [0.25, 0.3) is 0 Å². The Morgan fingerprint density at radius 1 is 1.10 bits per heavy atom. The van der Waals surface area contributed by atoms with Crippen LogP contribution in [0.1, 0.15) is 44.9 Å². The van der Waals surface area contributed by atoms with Gasteiger partial charge >= 0.3 is 0 Å². The van der Waals surface area contributed by atoms with Crippen molar-refractivity contribution in [1.82, 2.24) is 9.97 Å². The van der Waals surface area contributed by atoms with Crippen molar-refractivity contribution in [3.05, 3.63) is 42.5 Å². The van der Waals surface area contributed by atoms with Crippen molar-refractivity contribution in [3.8, 4) is 17.1 Å². The first kappa shape index (κ1) is 18.9. The maximum atomic E-state index is 13.2. The number of para-hydroxylation sites is 2. The predicted molar refractivity (Wildman–Crippen MR) is 122 cm³/mol. The molecule has 3 aromatic rings. The van der Waals surface area contributed by atoms with E-state index in [4.69, 9.17) is 9.72 Å². The molecule has 4 fully saturated rings. The van der Waals surface area contributed by atoms with E-state index in [0.717, 1.165) is 45.9 Å². The molecule has 1 heterocycles. The van der Waals surface area contributed by atoms with Crippen LogP contribution in [0.2, 0.25) is 0 Å². The number of methoxy groups -OCH3 is 1. The lowest BCUT2D eigenvalue weighted by molar-refractivity contribution is -0.124. The molecule has 0 aliphatic heterocycles. The Hall–Kier alpha value is -2.82. The molecule has 2 N–H and O–H groups in total. The summed E-state index contributed by atoms with van der Waals surface area (Å²) in [5, 5.41) is 3.17.